The minimum Gasteiger partial charge on any atom is -0.394 e. The summed E-state index contributed by atoms with van der Waals surface area (Å²) in [6.45, 7) is 4.31. The van der Waals surface area contributed by atoms with Crippen LogP contribution in [-0.2, 0) is 11.3 Å². The van der Waals surface area contributed by atoms with Crippen LogP contribution in [0, 0.1) is 0 Å². The molecular weight excluding hydrogens is 278 g/mol. The lowest BCUT2D eigenvalue weighted by Gasteiger charge is -2.36. The van der Waals surface area contributed by atoms with Gasteiger partial charge in [-0.3, -0.25) is 4.90 Å². The predicted molar refractivity (Wildman–Crippen MR) is 76.9 cm³/mol. The van der Waals surface area contributed by atoms with E-state index in [9.17, 15) is 5.11 Å². The van der Waals surface area contributed by atoms with Gasteiger partial charge in [-0.15, -0.1) is 0 Å². The number of rotatable bonds is 3. The molecule has 0 radical (unpaired) electrons. The van der Waals surface area contributed by atoms with Crippen molar-refractivity contribution in [2.75, 3.05) is 19.8 Å². The molecule has 0 aromatic carbocycles. The van der Waals surface area contributed by atoms with Gasteiger partial charge in [-0.05, 0) is 19.1 Å². The Labute approximate surface area is 122 Å². The number of aliphatic hydroxyl groups excluding tert-OH is 1. The molecule has 0 bridgehead atoms. The van der Waals surface area contributed by atoms with E-state index in [1.807, 2.05) is 28.9 Å². The Hall–Kier alpha value is -1.14. The maximum Gasteiger partial charge on any atom is 0.137 e. The smallest absolute Gasteiger partial charge is 0.137 e. The summed E-state index contributed by atoms with van der Waals surface area (Å²) in [7, 11) is 0. The van der Waals surface area contributed by atoms with Gasteiger partial charge in [0.2, 0.25) is 0 Å². The van der Waals surface area contributed by atoms with E-state index in [0.29, 0.717) is 17.7 Å². The van der Waals surface area contributed by atoms with Gasteiger partial charge in [0.05, 0.1) is 30.0 Å². The Morgan fingerprint density at radius 3 is 3.10 bits per heavy atom. The summed E-state index contributed by atoms with van der Waals surface area (Å²) in [5.41, 5.74) is 1.89. The molecule has 2 aromatic rings. The Morgan fingerprint density at radius 2 is 2.30 bits per heavy atom. The van der Waals surface area contributed by atoms with Gasteiger partial charge >= 0.3 is 0 Å². The summed E-state index contributed by atoms with van der Waals surface area (Å²) in [6.07, 6.45) is 3.75. The monoisotopic (exact) mass is 295 g/mol. The lowest BCUT2D eigenvalue weighted by Crippen LogP contribution is -2.48. The second kappa shape index (κ2) is 5.69. The summed E-state index contributed by atoms with van der Waals surface area (Å²) in [4.78, 5) is 6.88. The lowest BCUT2D eigenvalue weighted by molar-refractivity contribution is -0.0808. The zero-order valence-corrected chi connectivity index (χ0v) is 12.1. The Morgan fingerprint density at radius 1 is 1.45 bits per heavy atom. The standard InChI is InChI=1S/C14H18ClN3O2/c1-10-9-20-13(8-19)7-17(10)5-12-6-18-4-11(15)2-3-14(18)16-12/h2-4,6,10,13,19H,5,7-9H2,1H3. The van der Waals surface area contributed by atoms with Crippen molar-refractivity contribution in [2.45, 2.75) is 25.6 Å². The minimum atomic E-state index is -0.0994. The molecule has 0 saturated carbocycles. The Bertz CT molecular complexity index is 601. The third-order valence-corrected chi connectivity index (χ3v) is 3.89. The fourth-order valence-corrected chi connectivity index (χ4v) is 2.68. The van der Waals surface area contributed by atoms with Crippen LogP contribution in [0.1, 0.15) is 12.6 Å². The van der Waals surface area contributed by atoms with E-state index in [1.54, 1.807) is 0 Å². The molecule has 108 valence electrons. The van der Waals surface area contributed by atoms with Gasteiger partial charge in [0, 0.05) is 31.5 Å². The van der Waals surface area contributed by atoms with E-state index >= 15 is 0 Å². The molecule has 0 spiro atoms. The van der Waals surface area contributed by atoms with Crippen molar-refractivity contribution in [3.63, 3.8) is 0 Å². The third kappa shape index (κ3) is 2.81. The molecule has 2 aromatic heterocycles. The highest BCUT2D eigenvalue weighted by atomic mass is 35.5. The normalized spacial score (nSPS) is 24.4. The third-order valence-electron chi connectivity index (χ3n) is 3.67. The minimum absolute atomic E-state index is 0.0595. The first-order chi connectivity index (χ1) is 9.65. The van der Waals surface area contributed by atoms with E-state index in [4.69, 9.17) is 16.3 Å². The molecule has 0 amide bonds. The van der Waals surface area contributed by atoms with E-state index in [2.05, 4.69) is 16.8 Å². The maximum atomic E-state index is 9.22. The highest BCUT2D eigenvalue weighted by molar-refractivity contribution is 6.30. The fraction of sp³-hybridized carbons (Fsp3) is 0.500. The van der Waals surface area contributed by atoms with Crippen LogP contribution in [0.5, 0.6) is 0 Å². The van der Waals surface area contributed by atoms with E-state index in [1.165, 1.54) is 0 Å². The van der Waals surface area contributed by atoms with Gasteiger partial charge in [-0.2, -0.15) is 0 Å². The average Bonchev–Trinajstić information content (AvgIpc) is 2.82. The number of aliphatic hydroxyl groups is 1. The SMILES string of the molecule is CC1COC(CO)CN1Cc1cn2cc(Cl)ccc2n1. The highest BCUT2D eigenvalue weighted by Gasteiger charge is 2.26. The number of hydrogen-bond donors (Lipinski definition) is 1. The summed E-state index contributed by atoms with van der Waals surface area (Å²) in [6, 6.07) is 4.07. The molecule has 1 fully saturated rings. The molecule has 6 heteroatoms. The fourth-order valence-electron chi connectivity index (χ4n) is 2.51. The average molecular weight is 296 g/mol. The molecule has 3 rings (SSSR count). The van der Waals surface area contributed by atoms with E-state index in [-0.39, 0.29) is 12.7 Å². The predicted octanol–water partition coefficient (Wildman–Crippen LogP) is 1.57. The van der Waals surface area contributed by atoms with Crippen LogP contribution in [0.2, 0.25) is 5.02 Å². The molecule has 3 heterocycles. The van der Waals surface area contributed by atoms with Gasteiger partial charge in [-0.25, -0.2) is 4.98 Å². The number of halogens is 1. The lowest BCUT2D eigenvalue weighted by atomic mass is 10.2. The van der Waals surface area contributed by atoms with Crippen molar-refractivity contribution in [1.82, 2.24) is 14.3 Å². The van der Waals surface area contributed by atoms with Gasteiger partial charge in [-0.1, -0.05) is 11.6 Å². The molecule has 1 saturated heterocycles. The summed E-state index contributed by atoms with van der Waals surface area (Å²) < 4.78 is 7.48. The summed E-state index contributed by atoms with van der Waals surface area (Å²) in [5.74, 6) is 0. The number of ether oxygens (including phenoxy) is 1. The zero-order chi connectivity index (χ0) is 14.1. The maximum absolute atomic E-state index is 9.22. The van der Waals surface area contributed by atoms with Gasteiger partial charge in [0.25, 0.3) is 0 Å². The first-order valence-electron chi connectivity index (χ1n) is 6.75. The summed E-state index contributed by atoms with van der Waals surface area (Å²) >= 11 is 5.98. The highest BCUT2D eigenvalue weighted by Crippen LogP contribution is 2.17. The van der Waals surface area contributed by atoms with Gasteiger partial charge in [0.15, 0.2) is 0 Å². The van der Waals surface area contributed by atoms with Crippen LogP contribution in [0.4, 0.5) is 0 Å². The van der Waals surface area contributed by atoms with E-state index < -0.39 is 0 Å². The van der Waals surface area contributed by atoms with Crippen LogP contribution in [0.3, 0.4) is 0 Å². The summed E-state index contributed by atoms with van der Waals surface area (Å²) in [5, 5.41) is 9.92. The van der Waals surface area contributed by atoms with Gasteiger partial charge in [0.1, 0.15) is 5.65 Å². The molecular formula is C14H18ClN3O2. The molecule has 0 aliphatic carbocycles. The van der Waals surface area contributed by atoms with Crippen molar-refractivity contribution < 1.29 is 9.84 Å². The number of nitrogens with zero attached hydrogens (tertiary/aromatic N) is 3. The molecule has 5 nitrogen and oxygen atoms in total. The van der Waals surface area contributed by atoms with Crippen LogP contribution in [-0.4, -0.2) is 51.3 Å². The molecule has 20 heavy (non-hydrogen) atoms. The number of aromatic nitrogens is 2. The number of imidazole rings is 1. The molecule has 2 atom stereocenters. The zero-order valence-electron chi connectivity index (χ0n) is 11.4. The van der Waals surface area contributed by atoms with Crippen molar-refractivity contribution in [3.05, 3.63) is 35.2 Å². The number of morpholine rings is 1. The number of fused-ring (bicyclic) bond motifs is 1. The van der Waals surface area contributed by atoms with Crippen molar-refractivity contribution in [3.8, 4) is 0 Å². The van der Waals surface area contributed by atoms with Crippen LogP contribution >= 0.6 is 11.6 Å². The van der Waals surface area contributed by atoms with Crippen LogP contribution in [0.15, 0.2) is 24.5 Å². The first-order valence-corrected chi connectivity index (χ1v) is 7.13. The van der Waals surface area contributed by atoms with Crippen LogP contribution < -0.4 is 0 Å². The largest absolute Gasteiger partial charge is 0.394 e. The molecule has 1 aliphatic heterocycles. The van der Waals surface area contributed by atoms with Crippen molar-refractivity contribution in [2.24, 2.45) is 0 Å². The van der Waals surface area contributed by atoms with Crippen LogP contribution in [0.25, 0.3) is 5.65 Å². The number of pyridine rings is 1. The molecule has 2 unspecified atom stereocenters. The Balaban J connectivity index is 1.77. The Kier molecular flexibility index (Phi) is 3.94. The topological polar surface area (TPSA) is 50.0 Å². The van der Waals surface area contributed by atoms with Gasteiger partial charge < -0.3 is 14.2 Å². The second-order valence-electron chi connectivity index (χ2n) is 5.26. The second-order valence-corrected chi connectivity index (χ2v) is 5.70. The van der Waals surface area contributed by atoms with Crippen molar-refractivity contribution >= 4 is 17.2 Å². The number of hydrogen-bond acceptors (Lipinski definition) is 4. The molecule has 1 aliphatic rings. The molecule has 1 N–H and O–H groups in total. The van der Waals surface area contributed by atoms with E-state index in [0.717, 1.165) is 24.4 Å². The first kappa shape index (κ1) is 13.8. The van der Waals surface area contributed by atoms with Crippen molar-refractivity contribution in [1.29, 1.82) is 0 Å². The quantitative estimate of drug-likeness (QED) is 0.934.